The molecule has 0 bridgehead atoms. The third kappa shape index (κ3) is 3.28. The molecule has 2 atom stereocenters. The molecule has 1 aliphatic rings. The minimum absolute atomic E-state index is 0.0854. The standard InChI is InChI=1S/C14H19F3N2/c1-19-8-4-5-10(9-19)13(18)11-6-2-3-7-12(11)14(15,16)17/h2-3,6-7,10,13H,4-5,8-9,18H2,1H3. The van der Waals surface area contributed by atoms with Crippen LogP contribution in [0, 0.1) is 5.92 Å². The van der Waals surface area contributed by atoms with Gasteiger partial charge in [0.25, 0.3) is 0 Å². The molecule has 1 fully saturated rings. The third-order valence-electron chi connectivity index (χ3n) is 3.79. The molecule has 0 aliphatic carbocycles. The second kappa shape index (κ2) is 5.51. The normalized spacial score (nSPS) is 23.3. The number of hydrogen-bond donors (Lipinski definition) is 1. The molecular weight excluding hydrogens is 253 g/mol. The maximum atomic E-state index is 13.0. The lowest BCUT2D eigenvalue weighted by molar-refractivity contribution is -0.138. The molecule has 2 rings (SSSR count). The van der Waals surface area contributed by atoms with Crippen molar-refractivity contribution in [2.45, 2.75) is 25.1 Å². The van der Waals surface area contributed by atoms with Crippen LogP contribution in [0.5, 0.6) is 0 Å². The predicted octanol–water partition coefficient (Wildman–Crippen LogP) is 3.05. The first-order chi connectivity index (χ1) is 8.89. The van der Waals surface area contributed by atoms with Crippen LogP contribution in [0.4, 0.5) is 13.2 Å². The first-order valence-electron chi connectivity index (χ1n) is 6.50. The summed E-state index contributed by atoms with van der Waals surface area (Å²) >= 11 is 0. The molecule has 5 heteroatoms. The minimum atomic E-state index is -4.34. The zero-order valence-electron chi connectivity index (χ0n) is 11.0. The van der Waals surface area contributed by atoms with Gasteiger partial charge in [-0.15, -0.1) is 0 Å². The summed E-state index contributed by atoms with van der Waals surface area (Å²) < 4.78 is 39.0. The van der Waals surface area contributed by atoms with Gasteiger partial charge in [0.1, 0.15) is 0 Å². The molecule has 1 aromatic rings. The number of piperidine rings is 1. The summed E-state index contributed by atoms with van der Waals surface area (Å²) in [5.74, 6) is 0.0854. The molecule has 19 heavy (non-hydrogen) atoms. The van der Waals surface area contributed by atoms with Gasteiger partial charge in [-0.2, -0.15) is 13.2 Å². The molecular formula is C14H19F3N2. The number of halogens is 3. The number of benzene rings is 1. The summed E-state index contributed by atoms with van der Waals surface area (Å²) in [4.78, 5) is 2.13. The highest BCUT2D eigenvalue weighted by Gasteiger charge is 2.36. The SMILES string of the molecule is CN1CCCC(C(N)c2ccccc2C(F)(F)F)C1. The zero-order chi connectivity index (χ0) is 14.0. The smallest absolute Gasteiger partial charge is 0.324 e. The van der Waals surface area contributed by atoms with Crippen molar-refractivity contribution in [3.05, 3.63) is 35.4 Å². The highest BCUT2D eigenvalue weighted by atomic mass is 19.4. The molecule has 2 unspecified atom stereocenters. The average molecular weight is 272 g/mol. The van der Waals surface area contributed by atoms with Crippen LogP contribution in [-0.4, -0.2) is 25.0 Å². The van der Waals surface area contributed by atoms with E-state index in [1.54, 1.807) is 6.07 Å². The van der Waals surface area contributed by atoms with Gasteiger partial charge in [-0.1, -0.05) is 18.2 Å². The van der Waals surface area contributed by atoms with Gasteiger partial charge in [0, 0.05) is 12.6 Å². The van der Waals surface area contributed by atoms with Gasteiger partial charge in [0.15, 0.2) is 0 Å². The van der Waals surface area contributed by atoms with E-state index in [0.717, 1.165) is 32.0 Å². The molecule has 0 aromatic heterocycles. The van der Waals surface area contributed by atoms with Crippen molar-refractivity contribution in [3.8, 4) is 0 Å². The number of hydrogen-bond acceptors (Lipinski definition) is 2. The van der Waals surface area contributed by atoms with E-state index in [9.17, 15) is 13.2 Å². The van der Waals surface area contributed by atoms with Crippen LogP contribution in [-0.2, 0) is 6.18 Å². The van der Waals surface area contributed by atoms with Gasteiger partial charge in [0.2, 0.25) is 0 Å². The monoisotopic (exact) mass is 272 g/mol. The summed E-state index contributed by atoms with van der Waals surface area (Å²) in [5, 5.41) is 0. The summed E-state index contributed by atoms with van der Waals surface area (Å²) in [6.45, 7) is 1.75. The Morgan fingerprint density at radius 2 is 2.00 bits per heavy atom. The Morgan fingerprint density at radius 3 is 2.63 bits per heavy atom. The Morgan fingerprint density at radius 1 is 1.32 bits per heavy atom. The molecule has 106 valence electrons. The maximum absolute atomic E-state index is 13.0. The second-order valence-electron chi connectivity index (χ2n) is 5.28. The molecule has 0 amide bonds. The zero-order valence-corrected chi connectivity index (χ0v) is 11.0. The first kappa shape index (κ1) is 14.3. The fourth-order valence-electron chi connectivity index (χ4n) is 2.80. The lowest BCUT2D eigenvalue weighted by atomic mass is 9.85. The number of nitrogens with zero attached hydrogens (tertiary/aromatic N) is 1. The third-order valence-corrected chi connectivity index (χ3v) is 3.79. The number of alkyl halides is 3. The van der Waals surface area contributed by atoms with E-state index in [-0.39, 0.29) is 11.5 Å². The van der Waals surface area contributed by atoms with Crippen molar-refractivity contribution in [1.82, 2.24) is 4.90 Å². The summed E-state index contributed by atoms with van der Waals surface area (Å²) in [6, 6.07) is 5.09. The summed E-state index contributed by atoms with van der Waals surface area (Å²) in [7, 11) is 1.98. The van der Waals surface area contributed by atoms with Gasteiger partial charge in [-0.3, -0.25) is 0 Å². The molecule has 1 aromatic carbocycles. The fourth-order valence-corrected chi connectivity index (χ4v) is 2.80. The van der Waals surface area contributed by atoms with Gasteiger partial charge >= 0.3 is 6.18 Å². The molecule has 2 N–H and O–H groups in total. The van der Waals surface area contributed by atoms with E-state index >= 15 is 0 Å². The Kier molecular flexibility index (Phi) is 4.16. The minimum Gasteiger partial charge on any atom is -0.324 e. The van der Waals surface area contributed by atoms with E-state index in [1.165, 1.54) is 12.1 Å². The van der Waals surface area contributed by atoms with Gasteiger partial charge in [-0.05, 0) is 44.0 Å². The predicted molar refractivity (Wildman–Crippen MR) is 68.6 cm³/mol. The second-order valence-corrected chi connectivity index (χ2v) is 5.28. The van der Waals surface area contributed by atoms with E-state index in [2.05, 4.69) is 4.90 Å². The molecule has 1 heterocycles. The summed E-state index contributed by atoms with van der Waals surface area (Å²) in [6.07, 6.45) is -2.46. The van der Waals surface area contributed by atoms with Crippen LogP contribution < -0.4 is 5.73 Å². The van der Waals surface area contributed by atoms with Crippen molar-refractivity contribution in [3.63, 3.8) is 0 Å². The van der Waals surface area contributed by atoms with Crippen molar-refractivity contribution >= 4 is 0 Å². The van der Waals surface area contributed by atoms with Crippen LogP contribution >= 0.6 is 0 Å². The fraction of sp³-hybridized carbons (Fsp3) is 0.571. The van der Waals surface area contributed by atoms with Crippen LogP contribution in [0.2, 0.25) is 0 Å². The van der Waals surface area contributed by atoms with Crippen LogP contribution in [0.3, 0.4) is 0 Å². The van der Waals surface area contributed by atoms with Crippen LogP contribution in [0.25, 0.3) is 0 Å². The lowest BCUT2D eigenvalue weighted by Crippen LogP contribution is -2.38. The van der Waals surface area contributed by atoms with E-state index in [1.807, 2.05) is 7.05 Å². The van der Waals surface area contributed by atoms with E-state index in [4.69, 9.17) is 5.73 Å². The lowest BCUT2D eigenvalue weighted by Gasteiger charge is -2.34. The summed E-state index contributed by atoms with van der Waals surface area (Å²) in [5.41, 5.74) is 5.72. The Hall–Kier alpha value is -1.07. The maximum Gasteiger partial charge on any atom is 0.416 e. The molecule has 0 radical (unpaired) electrons. The average Bonchev–Trinajstić information content (AvgIpc) is 2.37. The Bertz CT molecular complexity index is 431. The Balaban J connectivity index is 2.26. The largest absolute Gasteiger partial charge is 0.416 e. The Labute approximate surface area is 111 Å². The molecule has 1 saturated heterocycles. The molecule has 2 nitrogen and oxygen atoms in total. The highest BCUT2D eigenvalue weighted by molar-refractivity contribution is 5.32. The number of rotatable bonds is 2. The van der Waals surface area contributed by atoms with Gasteiger partial charge in [-0.25, -0.2) is 0 Å². The number of likely N-dealkylation sites (tertiary alicyclic amines) is 1. The van der Waals surface area contributed by atoms with Gasteiger partial charge in [0.05, 0.1) is 5.56 Å². The van der Waals surface area contributed by atoms with Crippen LogP contribution in [0.15, 0.2) is 24.3 Å². The topological polar surface area (TPSA) is 29.3 Å². The quantitative estimate of drug-likeness (QED) is 0.896. The molecule has 0 saturated carbocycles. The highest BCUT2D eigenvalue weighted by Crippen LogP contribution is 2.37. The molecule has 1 aliphatic heterocycles. The molecule has 0 spiro atoms. The van der Waals surface area contributed by atoms with Crippen LogP contribution in [0.1, 0.15) is 30.0 Å². The first-order valence-corrected chi connectivity index (χ1v) is 6.50. The number of nitrogens with two attached hydrogens (primary N) is 1. The van der Waals surface area contributed by atoms with Gasteiger partial charge < -0.3 is 10.6 Å². The van der Waals surface area contributed by atoms with Crippen molar-refractivity contribution in [2.24, 2.45) is 11.7 Å². The van der Waals surface area contributed by atoms with Crippen molar-refractivity contribution in [2.75, 3.05) is 20.1 Å². The van der Waals surface area contributed by atoms with E-state index < -0.39 is 17.8 Å². The van der Waals surface area contributed by atoms with Crippen molar-refractivity contribution in [1.29, 1.82) is 0 Å². The van der Waals surface area contributed by atoms with Crippen molar-refractivity contribution < 1.29 is 13.2 Å². The van der Waals surface area contributed by atoms with E-state index in [0.29, 0.717) is 0 Å².